The fraction of sp³-hybridized carbons (Fsp3) is 0.526. The summed E-state index contributed by atoms with van der Waals surface area (Å²) >= 11 is 0. The Kier molecular flexibility index (Phi) is 8.76. The molecule has 0 fully saturated rings. The molecule has 0 aliphatic carbocycles. The van der Waals surface area contributed by atoms with Crippen LogP contribution in [0.2, 0.25) is 0 Å². The summed E-state index contributed by atoms with van der Waals surface area (Å²) in [5.74, 6) is -1.23. The Bertz CT molecular complexity index is 577. The van der Waals surface area contributed by atoms with E-state index in [1.807, 2.05) is 13.8 Å². The molecule has 0 radical (unpaired) electrons. The lowest BCUT2D eigenvalue weighted by Gasteiger charge is -2.13. The van der Waals surface area contributed by atoms with Gasteiger partial charge >= 0.3 is 11.9 Å². The number of hydrogen-bond acceptors (Lipinski definition) is 5. The van der Waals surface area contributed by atoms with Gasteiger partial charge in [-0.05, 0) is 31.4 Å². The summed E-state index contributed by atoms with van der Waals surface area (Å²) in [5, 5.41) is 0. The van der Waals surface area contributed by atoms with Crippen molar-refractivity contribution in [3.8, 4) is 0 Å². The molecule has 24 heavy (non-hydrogen) atoms. The van der Waals surface area contributed by atoms with Gasteiger partial charge in [0.1, 0.15) is 5.78 Å². The van der Waals surface area contributed by atoms with Gasteiger partial charge in [0.25, 0.3) is 0 Å². The molecule has 0 spiro atoms. The first-order valence-electron chi connectivity index (χ1n) is 8.46. The van der Waals surface area contributed by atoms with Crippen molar-refractivity contribution in [3.05, 3.63) is 34.9 Å². The first kappa shape index (κ1) is 19.9. The smallest absolute Gasteiger partial charge is 0.339 e. The Hall–Kier alpha value is -2.17. The minimum atomic E-state index is -0.581. The maximum absolute atomic E-state index is 12.4. The fourth-order valence-electron chi connectivity index (χ4n) is 2.20. The molecule has 0 saturated carbocycles. The van der Waals surface area contributed by atoms with Crippen LogP contribution in [0.5, 0.6) is 0 Å². The van der Waals surface area contributed by atoms with Gasteiger partial charge in [0.2, 0.25) is 0 Å². The molecule has 0 aliphatic rings. The lowest BCUT2D eigenvalue weighted by molar-refractivity contribution is -0.116. The van der Waals surface area contributed by atoms with Crippen molar-refractivity contribution >= 4 is 17.7 Å². The number of carbonyl (C=O) groups excluding carboxylic acids is 3. The summed E-state index contributed by atoms with van der Waals surface area (Å²) in [6.45, 7) is 6.02. The van der Waals surface area contributed by atoms with E-state index in [-0.39, 0.29) is 29.9 Å². The van der Waals surface area contributed by atoms with Crippen LogP contribution in [-0.4, -0.2) is 30.9 Å². The van der Waals surface area contributed by atoms with Crippen molar-refractivity contribution in [2.24, 2.45) is 0 Å². The average molecular weight is 334 g/mol. The van der Waals surface area contributed by atoms with Crippen LogP contribution >= 0.6 is 0 Å². The molecule has 132 valence electrons. The zero-order chi connectivity index (χ0) is 17.9. The second-order valence-electron chi connectivity index (χ2n) is 5.70. The summed E-state index contributed by atoms with van der Waals surface area (Å²) in [6.07, 6.45) is 3.39. The molecule has 0 saturated heterocycles. The number of carbonyl (C=O) groups is 3. The van der Waals surface area contributed by atoms with Crippen molar-refractivity contribution in [1.29, 1.82) is 0 Å². The number of ether oxygens (including phenoxy) is 2. The quantitative estimate of drug-likeness (QED) is 0.481. The number of Topliss-reactive ketones (excluding diaryl/α,β-unsaturated/α-hetero) is 1. The monoisotopic (exact) mass is 334 g/mol. The predicted molar refractivity (Wildman–Crippen MR) is 91.2 cm³/mol. The molecule has 0 N–H and O–H groups in total. The lowest BCUT2D eigenvalue weighted by Crippen LogP contribution is -2.18. The normalized spacial score (nSPS) is 10.3. The molecular weight excluding hydrogens is 308 g/mol. The van der Waals surface area contributed by atoms with E-state index >= 15 is 0 Å². The summed E-state index contributed by atoms with van der Waals surface area (Å²) in [4.78, 5) is 36.2. The van der Waals surface area contributed by atoms with Crippen LogP contribution in [0.1, 0.15) is 72.7 Å². The summed E-state index contributed by atoms with van der Waals surface area (Å²) < 4.78 is 10.5. The molecule has 1 rings (SSSR count). The van der Waals surface area contributed by atoms with Gasteiger partial charge in [-0.3, -0.25) is 4.79 Å². The minimum Gasteiger partial charge on any atom is -0.462 e. The van der Waals surface area contributed by atoms with Crippen molar-refractivity contribution in [2.45, 2.75) is 52.9 Å². The zero-order valence-corrected chi connectivity index (χ0v) is 14.7. The SMILES string of the molecule is CCCCOC(=O)c1cccc(CC(C)=O)c1C(=O)OCCCC. The van der Waals surface area contributed by atoms with Gasteiger partial charge in [0.15, 0.2) is 0 Å². The maximum Gasteiger partial charge on any atom is 0.339 e. The molecule has 0 unspecified atom stereocenters. The van der Waals surface area contributed by atoms with Crippen LogP contribution in [0.25, 0.3) is 0 Å². The van der Waals surface area contributed by atoms with Gasteiger partial charge in [0.05, 0.1) is 24.3 Å². The van der Waals surface area contributed by atoms with Crippen molar-refractivity contribution in [1.82, 2.24) is 0 Å². The van der Waals surface area contributed by atoms with Gasteiger partial charge < -0.3 is 9.47 Å². The van der Waals surface area contributed by atoms with E-state index in [0.717, 1.165) is 25.7 Å². The third-order valence-electron chi connectivity index (χ3n) is 3.48. The Balaban J connectivity index is 3.09. The molecule has 1 aromatic carbocycles. The topological polar surface area (TPSA) is 69.7 Å². The van der Waals surface area contributed by atoms with E-state index in [0.29, 0.717) is 12.2 Å². The number of esters is 2. The number of benzene rings is 1. The summed E-state index contributed by atoms with van der Waals surface area (Å²) in [5.41, 5.74) is 0.797. The lowest BCUT2D eigenvalue weighted by atomic mass is 9.97. The van der Waals surface area contributed by atoms with Crippen LogP contribution in [0.3, 0.4) is 0 Å². The number of hydrogen-bond donors (Lipinski definition) is 0. The van der Waals surface area contributed by atoms with E-state index in [1.165, 1.54) is 13.0 Å². The van der Waals surface area contributed by atoms with Crippen LogP contribution < -0.4 is 0 Å². The summed E-state index contributed by atoms with van der Waals surface area (Å²) in [7, 11) is 0. The van der Waals surface area contributed by atoms with Gasteiger partial charge in [-0.15, -0.1) is 0 Å². The molecule has 0 heterocycles. The highest BCUT2D eigenvalue weighted by molar-refractivity contribution is 6.05. The van der Waals surface area contributed by atoms with Crippen molar-refractivity contribution in [2.75, 3.05) is 13.2 Å². The van der Waals surface area contributed by atoms with E-state index in [9.17, 15) is 14.4 Å². The molecule has 5 nitrogen and oxygen atoms in total. The predicted octanol–water partition coefficient (Wildman–Crippen LogP) is 3.73. The standard InChI is InChI=1S/C19H26O5/c1-4-6-11-23-18(21)16-10-8-9-15(13-14(3)20)17(16)19(22)24-12-7-5-2/h8-10H,4-7,11-13H2,1-3H3. The second-order valence-corrected chi connectivity index (χ2v) is 5.70. The molecule has 0 aromatic heterocycles. The molecule has 5 heteroatoms. The minimum absolute atomic E-state index is 0.0777. The highest BCUT2D eigenvalue weighted by Crippen LogP contribution is 2.19. The number of rotatable bonds is 10. The third-order valence-corrected chi connectivity index (χ3v) is 3.48. The molecular formula is C19H26O5. The van der Waals surface area contributed by atoms with Gasteiger partial charge in [-0.1, -0.05) is 38.8 Å². The molecule has 1 aromatic rings. The van der Waals surface area contributed by atoms with Crippen LogP contribution in [0.4, 0.5) is 0 Å². The molecule has 0 bridgehead atoms. The number of ketones is 1. The average Bonchev–Trinajstić information content (AvgIpc) is 2.54. The van der Waals surface area contributed by atoms with Gasteiger partial charge in [-0.2, -0.15) is 0 Å². The zero-order valence-electron chi connectivity index (χ0n) is 14.7. The van der Waals surface area contributed by atoms with Crippen LogP contribution in [0, 0.1) is 0 Å². The van der Waals surface area contributed by atoms with Gasteiger partial charge in [0, 0.05) is 6.42 Å². The highest BCUT2D eigenvalue weighted by atomic mass is 16.5. The Morgan fingerprint density at radius 1 is 0.917 bits per heavy atom. The van der Waals surface area contributed by atoms with Gasteiger partial charge in [-0.25, -0.2) is 9.59 Å². The van der Waals surface area contributed by atoms with E-state index < -0.39 is 11.9 Å². The van der Waals surface area contributed by atoms with Crippen molar-refractivity contribution < 1.29 is 23.9 Å². The largest absolute Gasteiger partial charge is 0.462 e. The van der Waals surface area contributed by atoms with Crippen LogP contribution in [0.15, 0.2) is 18.2 Å². The third kappa shape index (κ3) is 6.14. The Morgan fingerprint density at radius 2 is 1.50 bits per heavy atom. The van der Waals surface area contributed by atoms with E-state index in [1.54, 1.807) is 12.1 Å². The highest BCUT2D eigenvalue weighted by Gasteiger charge is 2.23. The van der Waals surface area contributed by atoms with Crippen molar-refractivity contribution in [3.63, 3.8) is 0 Å². The van der Waals surface area contributed by atoms with E-state index in [2.05, 4.69) is 0 Å². The van der Waals surface area contributed by atoms with Crippen LogP contribution in [-0.2, 0) is 20.7 Å². The Morgan fingerprint density at radius 3 is 2.04 bits per heavy atom. The molecule has 0 amide bonds. The second kappa shape index (κ2) is 10.6. The fourth-order valence-corrected chi connectivity index (χ4v) is 2.20. The molecule has 0 atom stereocenters. The first-order chi connectivity index (χ1) is 11.5. The Labute approximate surface area is 143 Å². The maximum atomic E-state index is 12.4. The summed E-state index contributed by atoms with van der Waals surface area (Å²) in [6, 6.07) is 4.85. The van der Waals surface area contributed by atoms with E-state index in [4.69, 9.17) is 9.47 Å². The first-order valence-corrected chi connectivity index (χ1v) is 8.46. The number of unbranched alkanes of at least 4 members (excludes halogenated alkanes) is 2. The molecule has 0 aliphatic heterocycles.